The Morgan fingerprint density at radius 3 is 2.92 bits per heavy atom. The second-order valence-corrected chi connectivity index (χ2v) is 3.58. The van der Waals surface area contributed by atoms with Crippen LogP contribution in [0.3, 0.4) is 0 Å². The van der Waals surface area contributed by atoms with Crippen molar-refractivity contribution >= 4 is 15.9 Å². The largest absolute Gasteiger partial charge is 0.378 e. The summed E-state index contributed by atoms with van der Waals surface area (Å²) in [5.41, 5.74) is 0. The van der Waals surface area contributed by atoms with Crippen molar-refractivity contribution in [1.29, 1.82) is 0 Å². The lowest BCUT2D eigenvalue weighted by Gasteiger charge is -2.07. The molecule has 1 aliphatic heterocycles. The molecule has 2 unspecified atom stereocenters. The second-order valence-electron chi connectivity index (χ2n) is 2.87. The van der Waals surface area contributed by atoms with Crippen LogP contribution in [0.2, 0.25) is 0 Å². The predicted octanol–water partition coefficient (Wildman–Crippen LogP) is 1.72. The maximum atomic E-state index is 5.39. The minimum absolute atomic E-state index is 0.192. The van der Waals surface area contributed by atoms with Crippen LogP contribution in [0.5, 0.6) is 0 Å². The SMILES string of the molecule is CC1OCCC1c1nc(Br)no1. The van der Waals surface area contributed by atoms with E-state index in [-0.39, 0.29) is 12.0 Å². The molecule has 1 aliphatic rings. The molecule has 1 aromatic rings. The number of aromatic nitrogens is 2. The van der Waals surface area contributed by atoms with Crippen molar-refractivity contribution in [3.63, 3.8) is 0 Å². The molecule has 0 aromatic carbocycles. The Bertz CT molecular complexity index is 276. The summed E-state index contributed by atoms with van der Waals surface area (Å²) in [6, 6.07) is 0. The Hall–Kier alpha value is -0.420. The quantitative estimate of drug-likeness (QED) is 0.740. The Morgan fingerprint density at radius 2 is 2.42 bits per heavy atom. The zero-order chi connectivity index (χ0) is 8.55. The topological polar surface area (TPSA) is 48.2 Å². The van der Waals surface area contributed by atoms with Gasteiger partial charge in [-0.3, -0.25) is 0 Å². The third-order valence-corrected chi connectivity index (χ3v) is 2.43. The monoisotopic (exact) mass is 232 g/mol. The van der Waals surface area contributed by atoms with Gasteiger partial charge in [-0.25, -0.2) is 0 Å². The highest BCUT2D eigenvalue weighted by molar-refractivity contribution is 9.10. The summed E-state index contributed by atoms with van der Waals surface area (Å²) in [7, 11) is 0. The molecule has 0 N–H and O–H groups in total. The van der Waals surface area contributed by atoms with Crippen LogP contribution in [0.1, 0.15) is 25.2 Å². The van der Waals surface area contributed by atoms with Gasteiger partial charge in [0.05, 0.1) is 12.0 Å². The molecule has 1 aromatic heterocycles. The standard InChI is InChI=1S/C7H9BrN2O2/c1-4-5(2-3-11-4)6-9-7(8)10-12-6/h4-5H,2-3H2,1H3. The highest BCUT2D eigenvalue weighted by atomic mass is 79.9. The number of ether oxygens (including phenoxy) is 1. The van der Waals surface area contributed by atoms with E-state index in [2.05, 4.69) is 26.1 Å². The van der Waals surface area contributed by atoms with Crippen molar-refractivity contribution in [3.05, 3.63) is 10.6 Å². The van der Waals surface area contributed by atoms with Crippen LogP contribution >= 0.6 is 15.9 Å². The van der Waals surface area contributed by atoms with Gasteiger partial charge in [0, 0.05) is 6.61 Å². The van der Waals surface area contributed by atoms with Gasteiger partial charge >= 0.3 is 0 Å². The van der Waals surface area contributed by atoms with Gasteiger partial charge in [-0.15, -0.1) is 0 Å². The molecule has 0 amide bonds. The van der Waals surface area contributed by atoms with Gasteiger partial charge in [0.2, 0.25) is 10.6 Å². The third kappa shape index (κ3) is 1.38. The average Bonchev–Trinajstić information content (AvgIpc) is 2.58. The van der Waals surface area contributed by atoms with E-state index in [1.54, 1.807) is 0 Å². The van der Waals surface area contributed by atoms with Crippen LogP contribution in [0, 0.1) is 0 Å². The molecular formula is C7H9BrN2O2. The normalized spacial score (nSPS) is 29.5. The maximum absolute atomic E-state index is 5.39. The lowest BCUT2D eigenvalue weighted by atomic mass is 10.0. The lowest BCUT2D eigenvalue weighted by molar-refractivity contribution is 0.113. The summed E-state index contributed by atoms with van der Waals surface area (Å²) in [5, 5.41) is 3.67. The number of halogens is 1. The minimum atomic E-state index is 0.192. The molecule has 4 nitrogen and oxygen atoms in total. The summed E-state index contributed by atoms with van der Waals surface area (Å²) in [4.78, 5) is 4.10. The number of nitrogens with zero attached hydrogens (tertiary/aromatic N) is 2. The third-order valence-electron chi connectivity index (χ3n) is 2.11. The van der Waals surface area contributed by atoms with Crippen molar-refractivity contribution in [3.8, 4) is 0 Å². The lowest BCUT2D eigenvalue weighted by Crippen LogP contribution is -2.09. The first-order chi connectivity index (χ1) is 5.77. The molecule has 0 aliphatic carbocycles. The number of hydrogen-bond acceptors (Lipinski definition) is 4. The summed E-state index contributed by atoms with van der Waals surface area (Å²) >= 11 is 3.14. The molecule has 1 fully saturated rings. The Kier molecular flexibility index (Phi) is 2.14. The van der Waals surface area contributed by atoms with Crippen LogP contribution in [-0.2, 0) is 4.74 Å². The van der Waals surface area contributed by atoms with E-state index in [1.165, 1.54) is 0 Å². The summed E-state index contributed by atoms with van der Waals surface area (Å²) in [6.07, 6.45) is 1.16. The van der Waals surface area contributed by atoms with Gasteiger partial charge in [0.25, 0.3) is 0 Å². The average molecular weight is 233 g/mol. The molecule has 66 valence electrons. The Balaban J connectivity index is 2.19. The van der Waals surface area contributed by atoms with Crippen LogP contribution < -0.4 is 0 Å². The van der Waals surface area contributed by atoms with Gasteiger partial charge in [-0.1, -0.05) is 0 Å². The van der Waals surface area contributed by atoms with Crippen molar-refractivity contribution in [1.82, 2.24) is 10.1 Å². The molecule has 12 heavy (non-hydrogen) atoms. The van der Waals surface area contributed by atoms with E-state index >= 15 is 0 Å². The molecule has 5 heteroatoms. The molecule has 2 atom stereocenters. The van der Waals surface area contributed by atoms with E-state index in [0.717, 1.165) is 13.0 Å². The molecule has 0 saturated carbocycles. The van der Waals surface area contributed by atoms with Crippen LogP contribution in [0.25, 0.3) is 0 Å². The summed E-state index contributed by atoms with van der Waals surface area (Å²) in [6.45, 7) is 2.81. The zero-order valence-electron chi connectivity index (χ0n) is 6.66. The fourth-order valence-electron chi connectivity index (χ4n) is 1.42. The van der Waals surface area contributed by atoms with E-state index in [1.807, 2.05) is 6.92 Å². The fourth-order valence-corrected chi connectivity index (χ4v) is 1.67. The summed E-state index contributed by atoms with van der Waals surface area (Å²) < 4.78 is 10.9. The van der Waals surface area contributed by atoms with Crippen LogP contribution in [0.15, 0.2) is 9.26 Å². The highest BCUT2D eigenvalue weighted by Crippen LogP contribution is 2.30. The van der Waals surface area contributed by atoms with E-state index in [9.17, 15) is 0 Å². The smallest absolute Gasteiger partial charge is 0.238 e. The van der Waals surface area contributed by atoms with Crippen molar-refractivity contribution in [2.45, 2.75) is 25.4 Å². The first-order valence-corrected chi connectivity index (χ1v) is 4.67. The molecule has 0 bridgehead atoms. The molecule has 2 rings (SSSR count). The van der Waals surface area contributed by atoms with Crippen LogP contribution in [-0.4, -0.2) is 22.9 Å². The first kappa shape index (κ1) is 8.19. The van der Waals surface area contributed by atoms with Gasteiger partial charge in [0.15, 0.2) is 0 Å². The second kappa shape index (κ2) is 3.14. The molecular weight excluding hydrogens is 224 g/mol. The van der Waals surface area contributed by atoms with Gasteiger partial charge in [-0.2, -0.15) is 4.98 Å². The van der Waals surface area contributed by atoms with E-state index in [0.29, 0.717) is 10.6 Å². The number of hydrogen-bond donors (Lipinski definition) is 0. The van der Waals surface area contributed by atoms with Crippen molar-refractivity contribution in [2.75, 3.05) is 6.61 Å². The first-order valence-electron chi connectivity index (χ1n) is 3.88. The van der Waals surface area contributed by atoms with Crippen molar-refractivity contribution < 1.29 is 9.26 Å². The predicted molar refractivity (Wildman–Crippen MR) is 44.8 cm³/mol. The molecule has 0 radical (unpaired) electrons. The molecule has 2 heterocycles. The van der Waals surface area contributed by atoms with E-state index < -0.39 is 0 Å². The summed E-state index contributed by atoms with van der Waals surface area (Å²) in [5.74, 6) is 0.940. The zero-order valence-corrected chi connectivity index (χ0v) is 8.24. The van der Waals surface area contributed by atoms with Crippen LogP contribution in [0.4, 0.5) is 0 Å². The van der Waals surface area contributed by atoms with Crippen molar-refractivity contribution in [2.24, 2.45) is 0 Å². The Morgan fingerprint density at radius 1 is 1.58 bits per heavy atom. The van der Waals surface area contributed by atoms with Gasteiger partial charge in [-0.05, 0) is 34.4 Å². The van der Waals surface area contributed by atoms with E-state index in [4.69, 9.17) is 9.26 Å². The minimum Gasteiger partial charge on any atom is -0.378 e. The fraction of sp³-hybridized carbons (Fsp3) is 0.714. The van der Waals surface area contributed by atoms with Gasteiger partial charge < -0.3 is 9.26 Å². The van der Waals surface area contributed by atoms with Gasteiger partial charge in [0.1, 0.15) is 0 Å². The molecule has 0 spiro atoms. The Labute approximate surface area is 78.4 Å². The molecule has 1 saturated heterocycles. The number of rotatable bonds is 1. The highest BCUT2D eigenvalue weighted by Gasteiger charge is 2.30. The maximum Gasteiger partial charge on any atom is 0.238 e.